The largest absolute Gasteiger partial charge is 0.496 e. The summed E-state index contributed by atoms with van der Waals surface area (Å²) in [5.41, 5.74) is 4.80. The second-order valence-corrected chi connectivity index (χ2v) is 7.92. The molecule has 4 rings (SSSR count). The van der Waals surface area contributed by atoms with Crippen LogP contribution in [0, 0.1) is 0 Å². The maximum atomic E-state index is 12.5. The van der Waals surface area contributed by atoms with E-state index in [2.05, 4.69) is 50.7 Å². The number of nitrogens with zero attached hydrogens (tertiary/aromatic N) is 1. The maximum Gasteiger partial charge on any atom is 0.275 e. The van der Waals surface area contributed by atoms with Gasteiger partial charge in [-0.1, -0.05) is 70.5 Å². The van der Waals surface area contributed by atoms with Gasteiger partial charge >= 0.3 is 0 Å². The zero-order valence-corrected chi connectivity index (χ0v) is 19.0. The number of fused-ring (bicyclic) bond motifs is 1. The molecule has 0 aliphatic carbocycles. The summed E-state index contributed by atoms with van der Waals surface area (Å²) in [5.74, 6) is 0.784. The van der Waals surface area contributed by atoms with Gasteiger partial charge in [0.15, 0.2) is 0 Å². The van der Waals surface area contributed by atoms with Crippen LogP contribution >= 0.6 is 15.9 Å². The van der Waals surface area contributed by atoms with Crippen LogP contribution in [-0.4, -0.2) is 19.2 Å². The highest BCUT2D eigenvalue weighted by Gasteiger charge is 2.12. The van der Waals surface area contributed by atoms with Gasteiger partial charge in [-0.25, -0.2) is 5.43 Å². The average Bonchev–Trinajstić information content (AvgIpc) is 2.83. The van der Waals surface area contributed by atoms with Gasteiger partial charge in [0.05, 0.1) is 18.9 Å². The van der Waals surface area contributed by atoms with E-state index in [0.717, 1.165) is 21.0 Å². The van der Waals surface area contributed by atoms with Crippen molar-refractivity contribution in [3.05, 3.63) is 106 Å². The monoisotopic (exact) mass is 488 g/mol. The quantitative estimate of drug-likeness (QED) is 0.258. The Morgan fingerprint density at radius 1 is 0.969 bits per heavy atom. The van der Waals surface area contributed by atoms with E-state index in [9.17, 15) is 4.79 Å². The van der Waals surface area contributed by atoms with Crippen molar-refractivity contribution in [3.63, 3.8) is 0 Å². The van der Waals surface area contributed by atoms with Gasteiger partial charge in [0, 0.05) is 10.0 Å². The summed E-state index contributed by atoms with van der Waals surface area (Å²) < 4.78 is 12.1. The third-order valence-corrected chi connectivity index (χ3v) is 5.45. The second kappa shape index (κ2) is 10.1. The molecule has 0 saturated heterocycles. The Hall–Kier alpha value is -3.64. The standard InChI is InChI=1S/C26H21BrN2O3/c1-31-25-14-13-21(27)15-23(25)26(30)29-28-16-19-8-3-5-12-24(19)32-17-20-10-6-9-18-7-2-4-11-22(18)20/h2-16H,17H2,1H3,(H,29,30)/b28-16-. The molecule has 5 nitrogen and oxygen atoms in total. The van der Waals surface area contributed by atoms with Crippen LogP contribution < -0.4 is 14.9 Å². The minimum Gasteiger partial charge on any atom is -0.496 e. The highest BCUT2D eigenvalue weighted by molar-refractivity contribution is 9.10. The second-order valence-electron chi connectivity index (χ2n) is 7.01. The summed E-state index contributed by atoms with van der Waals surface area (Å²) in [5, 5.41) is 6.45. The van der Waals surface area contributed by atoms with Crippen LogP contribution in [0.2, 0.25) is 0 Å². The van der Waals surface area contributed by atoms with Gasteiger partial charge in [0.25, 0.3) is 5.91 Å². The highest BCUT2D eigenvalue weighted by Crippen LogP contribution is 2.24. The first kappa shape index (κ1) is 21.6. The van der Waals surface area contributed by atoms with Crippen LogP contribution in [0.3, 0.4) is 0 Å². The number of carbonyl (C=O) groups is 1. The van der Waals surface area contributed by atoms with Gasteiger partial charge in [-0.15, -0.1) is 0 Å². The van der Waals surface area contributed by atoms with Gasteiger partial charge in [0.2, 0.25) is 0 Å². The highest BCUT2D eigenvalue weighted by atomic mass is 79.9. The number of hydrogen-bond acceptors (Lipinski definition) is 4. The molecule has 0 atom stereocenters. The van der Waals surface area contributed by atoms with Crippen molar-refractivity contribution in [3.8, 4) is 11.5 Å². The van der Waals surface area contributed by atoms with Crippen molar-refractivity contribution in [2.24, 2.45) is 5.10 Å². The fraction of sp³-hybridized carbons (Fsp3) is 0.0769. The molecule has 4 aromatic carbocycles. The van der Waals surface area contributed by atoms with Crippen LogP contribution in [0.25, 0.3) is 10.8 Å². The van der Waals surface area contributed by atoms with Crippen molar-refractivity contribution < 1.29 is 14.3 Å². The molecule has 0 aromatic heterocycles. The molecule has 0 heterocycles. The predicted octanol–water partition coefficient (Wildman–Crippen LogP) is 5.95. The minimum atomic E-state index is -0.367. The van der Waals surface area contributed by atoms with E-state index in [4.69, 9.17) is 9.47 Å². The SMILES string of the molecule is COc1ccc(Br)cc1C(=O)N/N=C\c1ccccc1OCc1cccc2ccccc12. The van der Waals surface area contributed by atoms with E-state index >= 15 is 0 Å². The molecule has 0 unspecified atom stereocenters. The minimum absolute atomic E-state index is 0.367. The molecular formula is C26H21BrN2O3. The number of hydrazone groups is 1. The molecule has 4 aromatic rings. The van der Waals surface area contributed by atoms with Crippen LogP contribution in [0.1, 0.15) is 21.5 Å². The van der Waals surface area contributed by atoms with Crippen molar-refractivity contribution >= 4 is 38.8 Å². The number of nitrogens with one attached hydrogen (secondary N) is 1. The average molecular weight is 489 g/mol. The number of hydrogen-bond donors (Lipinski definition) is 1. The lowest BCUT2D eigenvalue weighted by atomic mass is 10.1. The van der Waals surface area contributed by atoms with Gasteiger partial charge < -0.3 is 9.47 Å². The maximum absolute atomic E-state index is 12.5. The van der Waals surface area contributed by atoms with Gasteiger partial charge in [-0.3, -0.25) is 4.79 Å². The summed E-state index contributed by atoms with van der Waals surface area (Å²) in [7, 11) is 1.52. The van der Waals surface area contributed by atoms with Gasteiger partial charge in [-0.05, 0) is 46.7 Å². The Morgan fingerprint density at radius 2 is 1.75 bits per heavy atom. The van der Waals surface area contributed by atoms with Crippen molar-refractivity contribution in [2.75, 3.05) is 7.11 Å². The number of amides is 1. The number of rotatable bonds is 7. The first-order valence-electron chi connectivity index (χ1n) is 10.0. The zero-order chi connectivity index (χ0) is 22.3. The summed E-state index contributed by atoms with van der Waals surface area (Å²) in [4.78, 5) is 12.5. The summed E-state index contributed by atoms with van der Waals surface area (Å²) in [6, 6.07) is 27.2. The number of methoxy groups -OCH3 is 1. The van der Waals surface area contributed by atoms with E-state index in [-0.39, 0.29) is 5.91 Å². The molecule has 32 heavy (non-hydrogen) atoms. The molecule has 0 spiro atoms. The fourth-order valence-electron chi connectivity index (χ4n) is 3.37. The van der Waals surface area contributed by atoms with Crippen LogP contribution in [-0.2, 0) is 6.61 Å². The fourth-order valence-corrected chi connectivity index (χ4v) is 3.73. The topological polar surface area (TPSA) is 59.9 Å². The zero-order valence-electron chi connectivity index (χ0n) is 17.4. The molecule has 0 aliphatic heterocycles. The van der Waals surface area contributed by atoms with Gasteiger partial charge in [0.1, 0.15) is 18.1 Å². The van der Waals surface area contributed by atoms with Gasteiger partial charge in [-0.2, -0.15) is 5.10 Å². The van der Waals surface area contributed by atoms with Crippen molar-refractivity contribution in [2.45, 2.75) is 6.61 Å². The van der Waals surface area contributed by atoms with E-state index in [1.54, 1.807) is 18.3 Å². The Balaban J connectivity index is 1.47. The van der Waals surface area contributed by atoms with Crippen LogP contribution in [0.4, 0.5) is 0 Å². The normalized spacial score (nSPS) is 10.9. The number of carbonyl (C=O) groups excluding carboxylic acids is 1. The van der Waals surface area contributed by atoms with Crippen LogP contribution in [0.15, 0.2) is 94.5 Å². The molecule has 0 bridgehead atoms. The molecule has 1 amide bonds. The van der Waals surface area contributed by atoms with Crippen molar-refractivity contribution in [1.29, 1.82) is 0 Å². The molecule has 0 fully saturated rings. The summed E-state index contributed by atoms with van der Waals surface area (Å²) in [6.07, 6.45) is 1.57. The van der Waals surface area contributed by atoms with E-state index in [1.165, 1.54) is 12.5 Å². The van der Waals surface area contributed by atoms with E-state index < -0.39 is 0 Å². The molecule has 0 saturated carbocycles. The number of benzene rings is 4. The van der Waals surface area contributed by atoms with E-state index in [0.29, 0.717) is 23.7 Å². The van der Waals surface area contributed by atoms with Crippen LogP contribution in [0.5, 0.6) is 11.5 Å². The molecular weight excluding hydrogens is 468 g/mol. The van der Waals surface area contributed by atoms with Crippen molar-refractivity contribution in [1.82, 2.24) is 5.43 Å². The summed E-state index contributed by atoms with van der Waals surface area (Å²) in [6.45, 7) is 0.424. The lowest BCUT2D eigenvalue weighted by molar-refractivity contribution is 0.0952. The molecule has 0 aliphatic rings. The summed E-state index contributed by atoms with van der Waals surface area (Å²) >= 11 is 3.37. The third-order valence-electron chi connectivity index (χ3n) is 4.96. The Kier molecular flexibility index (Phi) is 6.82. The molecule has 1 N–H and O–H groups in total. The molecule has 0 radical (unpaired) electrons. The number of halogens is 1. The number of ether oxygens (including phenoxy) is 2. The first-order valence-corrected chi connectivity index (χ1v) is 10.8. The Labute approximate surface area is 194 Å². The number of para-hydroxylation sites is 1. The smallest absolute Gasteiger partial charge is 0.275 e. The first-order chi connectivity index (χ1) is 15.7. The Bertz CT molecular complexity index is 1280. The predicted molar refractivity (Wildman–Crippen MR) is 130 cm³/mol. The lowest BCUT2D eigenvalue weighted by Gasteiger charge is -2.11. The Morgan fingerprint density at radius 3 is 2.62 bits per heavy atom. The lowest BCUT2D eigenvalue weighted by Crippen LogP contribution is -2.18. The molecule has 6 heteroatoms. The van der Waals surface area contributed by atoms with E-state index in [1.807, 2.05) is 48.5 Å². The molecule has 160 valence electrons. The third kappa shape index (κ3) is 4.98.